The molecule has 1 heterocycles. The van der Waals surface area contributed by atoms with E-state index in [1.165, 1.54) is 0 Å². The molecule has 1 aliphatic heterocycles. The molecule has 1 aromatic carbocycles. The molecule has 3 N–H and O–H groups in total. The molecule has 0 spiro atoms. The molecule has 0 aliphatic carbocycles. The lowest BCUT2D eigenvalue weighted by Gasteiger charge is -2.16. The number of rotatable bonds is 5. The largest absolute Gasteiger partial charge is 0.480 e. The highest BCUT2D eigenvalue weighted by Crippen LogP contribution is 2.10. The molecule has 1 fully saturated rings. The smallest absolute Gasteiger partial charge is 0.326 e. The normalized spacial score (nSPS) is 19.2. The first-order valence-electron chi connectivity index (χ1n) is 6.40. The van der Waals surface area contributed by atoms with Crippen LogP contribution >= 0.6 is 0 Å². The lowest BCUT2D eigenvalue weighted by atomic mass is 10.0. The molecule has 6 heteroatoms. The van der Waals surface area contributed by atoms with E-state index in [1.54, 1.807) is 0 Å². The van der Waals surface area contributed by atoms with Crippen molar-refractivity contribution in [1.82, 2.24) is 10.6 Å². The van der Waals surface area contributed by atoms with Crippen molar-refractivity contribution in [3.8, 4) is 0 Å². The third-order valence-corrected chi connectivity index (χ3v) is 3.25. The van der Waals surface area contributed by atoms with Crippen molar-refractivity contribution in [3.05, 3.63) is 35.9 Å². The molecule has 1 saturated heterocycles. The summed E-state index contributed by atoms with van der Waals surface area (Å²) in [6.45, 7) is 0.266. The number of carboxylic acids is 1. The van der Waals surface area contributed by atoms with Crippen LogP contribution in [0.3, 0.4) is 0 Å². The predicted octanol–water partition coefficient (Wildman–Crippen LogP) is -0.0654. The summed E-state index contributed by atoms with van der Waals surface area (Å²) in [5.41, 5.74) is 0.834. The molecule has 0 aromatic heterocycles. The van der Waals surface area contributed by atoms with E-state index in [0.29, 0.717) is 0 Å². The highest BCUT2D eigenvalue weighted by atomic mass is 16.4. The lowest BCUT2D eigenvalue weighted by molar-refractivity contribution is -0.142. The zero-order valence-corrected chi connectivity index (χ0v) is 10.8. The van der Waals surface area contributed by atoms with E-state index in [-0.39, 0.29) is 25.3 Å². The Balaban J connectivity index is 1.97. The third kappa shape index (κ3) is 3.57. The maximum atomic E-state index is 11.9. The van der Waals surface area contributed by atoms with Crippen LogP contribution in [0.5, 0.6) is 0 Å². The summed E-state index contributed by atoms with van der Waals surface area (Å²) in [6, 6.07) is 8.10. The van der Waals surface area contributed by atoms with Gasteiger partial charge in [-0.3, -0.25) is 9.59 Å². The summed E-state index contributed by atoms with van der Waals surface area (Å²) >= 11 is 0. The fraction of sp³-hybridized carbons (Fsp3) is 0.357. The Kier molecular flexibility index (Phi) is 4.34. The van der Waals surface area contributed by atoms with Gasteiger partial charge in [0.2, 0.25) is 11.8 Å². The van der Waals surface area contributed by atoms with Gasteiger partial charge < -0.3 is 15.7 Å². The van der Waals surface area contributed by atoms with Gasteiger partial charge >= 0.3 is 5.97 Å². The number of nitrogens with one attached hydrogen (secondary N) is 2. The number of hydrogen-bond acceptors (Lipinski definition) is 3. The van der Waals surface area contributed by atoms with Crippen LogP contribution in [0, 0.1) is 5.92 Å². The molecule has 2 rings (SSSR count). The number of benzene rings is 1. The molecule has 1 aliphatic rings. The van der Waals surface area contributed by atoms with Crippen molar-refractivity contribution in [2.75, 3.05) is 6.54 Å². The Bertz CT molecular complexity index is 515. The van der Waals surface area contributed by atoms with Crippen molar-refractivity contribution in [1.29, 1.82) is 0 Å². The minimum Gasteiger partial charge on any atom is -0.480 e. The Morgan fingerprint density at radius 2 is 2.05 bits per heavy atom. The molecular formula is C14H16N2O4. The Hall–Kier alpha value is -2.37. The quantitative estimate of drug-likeness (QED) is 0.701. The first-order valence-corrected chi connectivity index (χ1v) is 6.40. The van der Waals surface area contributed by atoms with Crippen molar-refractivity contribution >= 4 is 17.8 Å². The summed E-state index contributed by atoms with van der Waals surface area (Å²) in [5.74, 6) is -2.15. The zero-order chi connectivity index (χ0) is 14.5. The number of aliphatic carboxylic acids is 1. The van der Waals surface area contributed by atoms with Gasteiger partial charge in [-0.25, -0.2) is 4.79 Å². The van der Waals surface area contributed by atoms with Gasteiger partial charge in [0, 0.05) is 19.4 Å². The number of carboxylic acid groups (broad SMARTS) is 1. The van der Waals surface area contributed by atoms with Gasteiger partial charge in [0.05, 0.1) is 5.92 Å². The van der Waals surface area contributed by atoms with Crippen LogP contribution in [0.25, 0.3) is 0 Å². The van der Waals surface area contributed by atoms with E-state index < -0.39 is 23.8 Å². The monoisotopic (exact) mass is 276 g/mol. The van der Waals surface area contributed by atoms with Crippen molar-refractivity contribution in [3.63, 3.8) is 0 Å². The second-order valence-electron chi connectivity index (χ2n) is 4.79. The van der Waals surface area contributed by atoms with Gasteiger partial charge in [-0.05, 0) is 5.56 Å². The maximum absolute atomic E-state index is 11.9. The van der Waals surface area contributed by atoms with Crippen LogP contribution < -0.4 is 10.6 Å². The molecule has 20 heavy (non-hydrogen) atoms. The average molecular weight is 276 g/mol. The molecule has 106 valence electrons. The molecular weight excluding hydrogens is 260 g/mol. The van der Waals surface area contributed by atoms with Crippen LogP contribution in [0.4, 0.5) is 0 Å². The molecule has 2 atom stereocenters. The van der Waals surface area contributed by atoms with E-state index in [0.717, 1.165) is 5.56 Å². The van der Waals surface area contributed by atoms with E-state index in [4.69, 9.17) is 0 Å². The van der Waals surface area contributed by atoms with E-state index in [2.05, 4.69) is 10.6 Å². The second-order valence-corrected chi connectivity index (χ2v) is 4.79. The predicted molar refractivity (Wildman–Crippen MR) is 70.8 cm³/mol. The first kappa shape index (κ1) is 14.0. The van der Waals surface area contributed by atoms with Crippen molar-refractivity contribution < 1.29 is 19.5 Å². The molecule has 6 nitrogen and oxygen atoms in total. The molecule has 1 unspecified atom stereocenters. The molecule has 0 radical (unpaired) electrons. The van der Waals surface area contributed by atoms with Gasteiger partial charge in [0.15, 0.2) is 0 Å². The van der Waals surface area contributed by atoms with Crippen LogP contribution in [0.2, 0.25) is 0 Å². The van der Waals surface area contributed by atoms with Gasteiger partial charge in [0.1, 0.15) is 6.04 Å². The molecule has 2 amide bonds. The van der Waals surface area contributed by atoms with Crippen molar-refractivity contribution in [2.45, 2.75) is 18.9 Å². The second kappa shape index (κ2) is 6.18. The van der Waals surface area contributed by atoms with Gasteiger partial charge in [-0.1, -0.05) is 30.3 Å². The lowest BCUT2D eigenvalue weighted by Crippen LogP contribution is -2.45. The van der Waals surface area contributed by atoms with E-state index >= 15 is 0 Å². The number of carbonyl (C=O) groups excluding carboxylic acids is 2. The van der Waals surface area contributed by atoms with E-state index in [1.807, 2.05) is 30.3 Å². The van der Waals surface area contributed by atoms with Gasteiger partial charge in [-0.2, -0.15) is 0 Å². The average Bonchev–Trinajstić information content (AvgIpc) is 2.86. The molecule has 0 saturated carbocycles. The highest BCUT2D eigenvalue weighted by molar-refractivity contribution is 5.91. The van der Waals surface area contributed by atoms with Crippen LogP contribution in [0.1, 0.15) is 12.0 Å². The Morgan fingerprint density at radius 1 is 1.35 bits per heavy atom. The molecule has 0 bridgehead atoms. The fourth-order valence-corrected chi connectivity index (χ4v) is 2.13. The topological polar surface area (TPSA) is 95.5 Å². The van der Waals surface area contributed by atoms with Crippen LogP contribution in [0.15, 0.2) is 30.3 Å². The third-order valence-electron chi connectivity index (χ3n) is 3.25. The van der Waals surface area contributed by atoms with Crippen LogP contribution in [-0.2, 0) is 20.8 Å². The van der Waals surface area contributed by atoms with E-state index in [9.17, 15) is 19.5 Å². The minimum atomic E-state index is -1.08. The zero-order valence-electron chi connectivity index (χ0n) is 10.8. The van der Waals surface area contributed by atoms with Gasteiger partial charge in [-0.15, -0.1) is 0 Å². The molecule has 1 aromatic rings. The summed E-state index contributed by atoms with van der Waals surface area (Å²) in [5, 5.41) is 14.2. The minimum absolute atomic E-state index is 0.115. The highest BCUT2D eigenvalue weighted by Gasteiger charge is 2.30. The standard InChI is InChI=1S/C14H16N2O4/c17-12-7-10(8-15-12)13(18)16-11(14(19)20)6-9-4-2-1-3-5-9/h1-5,10-11H,6-8H2,(H,15,17)(H,16,18)(H,19,20)/t10?,11-/m0/s1. The number of carbonyl (C=O) groups is 3. The summed E-state index contributed by atoms with van der Waals surface area (Å²) < 4.78 is 0. The van der Waals surface area contributed by atoms with Gasteiger partial charge in [0.25, 0.3) is 0 Å². The summed E-state index contributed by atoms with van der Waals surface area (Å²) in [6.07, 6.45) is 0.333. The van der Waals surface area contributed by atoms with Crippen LogP contribution in [-0.4, -0.2) is 35.5 Å². The summed E-state index contributed by atoms with van der Waals surface area (Å²) in [4.78, 5) is 34.2. The first-order chi connectivity index (χ1) is 9.56. The SMILES string of the molecule is O=C1CC(C(=O)N[C@@H](Cc2ccccc2)C(=O)O)CN1. The fourth-order valence-electron chi connectivity index (χ4n) is 2.13. The number of amides is 2. The summed E-state index contributed by atoms with van der Waals surface area (Å²) in [7, 11) is 0. The number of hydrogen-bond donors (Lipinski definition) is 3. The Morgan fingerprint density at radius 3 is 2.60 bits per heavy atom. The Labute approximate surface area is 116 Å². The maximum Gasteiger partial charge on any atom is 0.326 e. The van der Waals surface area contributed by atoms with Crippen molar-refractivity contribution in [2.24, 2.45) is 5.92 Å².